The molecule has 3 heterocycles. The monoisotopic (exact) mass is 563 g/mol. The van der Waals surface area contributed by atoms with Crippen LogP contribution in [0, 0.1) is 13.8 Å². The molecule has 0 radical (unpaired) electrons. The lowest BCUT2D eigenvalue weighted by molar-refractivity contribution is 0.0981. The Labute approximate surface area is 236 Å². The molecule has 10 heteroatoms. The van der Waals surface area contributed by atoms with Gasteiger partial charge in [0, 0.05) is 35.3 Å². The highest BCUT2D eigenvalue weighted by Crippen LogP contribution is 2.33. The van der Waals surface area contributed by atoms with E-state index >= 15 is 0 Å². The fraction of sp³-hybridized carbons (Fsp3) is 0.241. The maximum absolute atomic E-state index is 13.5. The highest BCUT2D eigenvalue weighted by Gasteiger charge is 2.21. The average Bonchev–Trinajstić information content (AvgIpc) is 3.31. The lowest BCUT2D eigenvalue weighted by Crippen LogP contribution is -2.19. The van der Waals surface area contributed by atoms with Crippen molar-refractivity contribution >= 4 is 57.9 Å². The molecular weight excluding hydrogens is 534 g/mol. The van der Waals surface area contributed by atoms with Crippen LogP contribution in [0.1, 0.15) is 54.0 Å². The Morgan fingerprint density at radius 1 is 1.13 bits per heavy atom. The molecule has 1 amide bonds. The van der Waals surface area contributed by atoms with E-state index in [9.17, 15) is 9.59 Å². The van der Waals surface area contributed by atoms with E-state index in [2.05, 4.69) is 32.9 Å². The second-order valence-corrected chi connectivity index (χ2v) is 9.64. The van der Waals surface area contributed by atoms with Crippen LogP contribution in [-0.4, -0.2) is 20.7 Å². The van der Waals surface area contributed by atoms with E-state index in [1.807, 2.05) is 71.3 Å². The first-order valence-electron chi connectivity index (χ1n) is 12.6. The van der Waals surface area contributed by atoms with Gasteiger partial charge in [-0.2, -0.15) is 5.10 Å². The molecule has 1 unspecified atom stereocenters. The van der Waals surface area contributed by atoms with Crippen molar-refractivity contribution < 1.29 is 9.21 Å². The van der Waals surface area contributed by atoms with Crippen molar-refractivity contribution in [3.05, 3.63) is 86.4 Å². The van der Waals surface area contributed by atoms with Gasteiger partial charge in [0.05, 0.1) is 22.6 Å². The van der Waals surface area contributed by atoms with Crippen LogP contribution in [0.15, 0.2) is 57.9 Å². The van der Waals surface area contributed by atoms with E-state index < -0.39 is 5.91 Å². The largest absolute Gasteiger partial charge is 0.455 e. The molecule has 8 nitrogen and oxygen atoms in total. The topological polar surface area (TPSA) is 102 Å². The third-order valence-corrected chi connectivity index (χ3v) is 6.70. The minimum Gasteiger partial charge on any atom is -0.455 e. The number of anilines is 1. The zero-order chi connectivity index (χ0) is 28.4. The van der Waals surface area contributed by atoms with Gasteiger partial charge in [0.25, 0.3) is 5.91 Å². The summed E-state index contributed by atoms with van der Waals surface area (Å²) in [4.78, 5) is 30.0. The van der Waals surface area contributed by atoms with Gasteiger partial charge in [0.1, 0.15) is 16.5 Å². The van der Waals surface area contributed by atoms with E-state index in [0.29, 0.717) is 28.0 Å². The second-order valence-electron chi connectivity index (χ2n) is 9.03. The first-order chi connectivity index (χ1) is 18.7. The summed E-state index contributed by atoms with van der Waals surface area (Å²) in [7, 11) is 1.87. The minimum atomic E-state index is -0.495. The van der Waals surface area contributed by atoms with Gasteiger partial charge in [0.15, 0.2) is 11.1 Å². The summed E-state index contributed by atoms with van der Waals surface area (Å²) < 4.78 is 10.5. The molecule has 0 aliphatic heterocycles. The number of nitrogens with zero attached hydrogens (tertiary/aromatic N) is 3. The number of pyridine rings is 1. The van der Waals surface area contributed by atoms with Crippen LogP contribution < -0.4 is 15.5 Å². The summed E-state index contributed by atoms with van der Waals surface area (Å²) in [6, 6.07) is 12.5. The van der Waals surface area contributed by atoms with Gasteiger partial charge >= 0.3 is 0 Å². The summed E-state index contributed by atoms with van der Waals surface area (Å²) in [5.74, 6) is 0.00808. The third-order valence-electron chi connectivity index (χ3n) is 6.29. The van der Waals surface area contributed by atoms with Gasteiger partial charge in [-0.05, 0) is 62.7 Å². The van der Waals surface area contributed by atoms with Gasteiger partial charge in [0.2, 0.25) is 0 Å². The molecule has 0 aliphatic rings. The molecule has 5 rings (SSSR count). The quantitative estimate of drug-likeness (QED) is 0.161. The van der Waals surface area contributed by atoms with Crippen LogP contribution in [0.5, 0.6) is 0 Å². The lowest BCUT2D eigenvalue weighted by Gasteiger charge is -2.20. The average molecular weight is 564 g/mol. The molecule has 0 saturated heterocycles. The molecule has 0 fully saturated rings. The summed E-state index contributed by atoms with van der Waals surface area (Å²) >= 11 is 9.87. The van der Waals surface area contributed by atoms with Crippen molar-refractivity contribution in [1.82, 2.24) is 19.5 Å². The number of rotatable bonds is 5. The Balaban J connectivity index is 0.00000172. The van der Waals surface area contributed by atoms with Crippen LogP contribution in [0.2, 0.25) is 5.15 Å². The predicted molar refractivity (Wildman–Crippen MR) is 161 cm³/mol. The standard InChI is InChI=1S/C27H24ClN5O3S.C2H6/c1-13-9-18(15(3)29-21-7-8-22(28)30-23(21)27(35)32-37)26-19(10-13)24(34)14(2)25(36-26)16-5-6-20-17(11-16)12-33(4)31-20;1-2/h5-12,15,29,37H,1-4H3,(H,32,35);1-2H3. The van der Waals surface area contributed by atoms with E-state index in [1.54, 1.807) is 23.7 Å². The van der Waals surface area contributed by atoms with Crippen LogP contribution in [0.3, 0.4) is 0 Å². The zero-order valence-corrected chi connectivity index (χ0v) is 24.2. The normalized spacial score (nSPS) is 11.7. The second kappa shape index (κ2) is 11.5. The maximum Gasteiger partial charge on any atom is 0.281 e. The number of aromatic nitrogens is 3. The third kappa shape index (κ3) is 5.51. The Morgan fingerprint density at radius 2 is 1.87 bits per heavy atom. The zero-order valence-electron chi connectivity index (χ0n) is 22.6. The van der Waals surface area contributed by atoms with Gasteiger partial charge in [-0.1, -0.05) is 44.3 Å². The number of hydrogen-bond donors (Lipinski definition) is 3. The van der Waals surface area contributed by atoms with Crippen LogP contribution in [0.4, 0.5) is 5.69 Å². The number of halogens is 1. The molecule has 0 saturated carbocycles. The van der Waals surface area contributed by atoms with E-state index in [1.165, 1.54) is 0 Å². The number of carbonyl (C=O) groups is 1. The minimum absolute atomic E-state index is 0.0945. The molecule has 1 atom stereocenters. The molecular formula is C29H30ClN5O3S. The number of thiol groups is 1. The SMILES string of the molecule is CC.Cc1cc(C(C)Nc2ccc(Cl)nc2C(=O)NS)c2oc(-c3ccc4nn(C)cc4c3)c(C)c(=O)c2c1. The molecule has 2 N–H and O–H groups in total. The van der Waals surface area contributed by atoms with Crippen molar-refractivity contribution in [2.24, 2.45) is 7.05 Å². The van der Waals surface area contributed by atoms with E-state index in [4.69, 9.17) is 16.0 Å². The van der Waals surface area contributed by atoms with Crippen molar-refractivity contribution in [2.45, 2.75) is 40.7 Å². The molecule has 2 aromatic carbocycles. The molecule has 0 bridgehead atoms. The van der Waals surface area contributed by atoms with E-state index in [0.717, 1.165) is 27.6 Å². The smallest absolute Gasteiger partial charge is 0.281 e. The molecule has 202 valence electrons. The van der Waals surface area contributed by atoms with Crippen LogP contribution in [-0.2, 0) is 7.05 Å². The van der Waals surface area contributed by atoms with Crippen LogP contribution in [0.25, 0.3) is 33.2 Å². The molecule has 39 heavy (non-hydrogen) atoms. The van der Waals surface area contributed by atoms with Crippen molar-refractivity contribution in [2.75, 3.05) is 5.32 Å². The van der Waals surface area contributed by atoms with Gasteiger partial charge < -0.3 is 9.73 Å². The first-order valence-corrected chi connectivity index (χ1v) is 13.4. The molecule has 5 aromatic rings. The first kappa shape index (κ1) is 28.2. The van der Waals surface area contributed by atoms with Crippen molar-refractivity contribution in [1.29, 1.82) is 0 Å². The van der Waals surface area contributed by atoms with Crippen molar-refractivity contribution in [3.8, 4) is 11.3 Å². The van der Waals surface area contributed by atoms with E-state index in [-0.39, 0.29) is 22.3 Å². The lowest BCUT2D eigenvalue weighted by atomic mass is 9.98. The molecule has 0 spiro atoms. The number of benzene rings is 2. The Morgan fingerprint density at radius 3 is 2.59 bits per heavy atom. The highest BCUT2D eigenvalue weighted by atomic mass is 35.5. The summed E-state index contributed by atoms with van der Waals surface area (Å²) in [5, 5.41) is 9.37. The summed E-state index contributed by atoms with van der Waals surface area (Å²) in [5.41, 5.74) is 4.81. The fourth-order valence-electron chi connectivity index (χ4n) is 4.54. The maximum atomic E-state index is 13.5. The highest BCUT2D eigenvalue weighted by molar-refractivity contribution is 7.78. The Bertz CT molecular complexity index is 1760. The van der Waals surface area contributed by atoms with Crippen molar-refractivity contribution in [3.63, 3.8) is 0 Å². The molecule has 0 aliphatic carbocycles. The summed E-state index contributed by atoms with van der Waals surface area (Å²) in [6.45, 7) is 9.63. The van der Waals surface area contributed by atoms with Gasteiger partial charge in [-0.15, -0.1) is 0 Å². The fourth-order valence-corrected chi connectivity index (χ4v) is 4.80. The number of carbonyl (C=O) groups excluding carboxylic acids is 1. The molecule has 3 aromatic heterocycles. The number of amides is 1. The number of aryl methyl sites for hydroxylation is 2. The summed E-state index contributed by atoms with van der Waals surface area (Å²) in [6.07, 6.45) is 1.92. The number of fused-ring (bicyclic) bond motifs is 2. The predicted octanol–water partition coefficient (Wildman–Crippen LogP) is 6.79. The number of hydrogen-bond acceptors (Lipinski definition) is 7. The van der Waals surface area contributed by atoms with Gasteiger partial charge in [-0.3, -0.25) is 19.0 Å². The Kier molecular flexibility index (Phi) is 8.32. The Hall–Kier alpha value is -3.82. The number of nitrogens with one attached hydrogen (secondary N) is 2. The van der Waals surface area contributed by atoms with Gasteiger partial charge in [-0.25, -0.2) is 4.98 Å². The van der Waals surface area contributed by atoms with Crippen LogP contribution >= 0.6 is 24.4 Å².